The van der Waals surface area contributed by atoms with Gasteiger partial charge in [0.05, 0.1) is 4.92 Å². The number of benzene rings is 3. The number of amides is 1. The molecule has 0 aromatic heterocycles. The van der Waals surface area contributed by atoms with Crippen molar-refractivity contribution in [1.82, 2.24) is 0 Å². The summed E-state index contributed by atoms with van der Waals surface area (Å²) in [6, 6.07) is 16.9. The molecule has 0 bridgehead atoms. The predicted octanol–water partition coefficient (Wildman–Crippen LogP) is 5.95. The fourth-order valence-electron chi connectivity index (χ4n) is 2.74. The highest BCUT2D eigenvalue weighted by Gasteiger charge is 2.10. The van der Waals surface area contributed by atoms with Crippen molar-refractivity contribution in [3.8, 4) is 5.75 Å². The van der Waals surface area contributed by atoms with E-state index in [-0.39, 0.29) is 18.2 Å². The van der Waals surface area contributed by atoms with Crippen LogP contribution in [0.3, 0.4) is 0 Å². The van der Waals surface area contributed by atoms with E-state index in [9.17, 15) is 14.9 Å². The number of non-ortho nitro benzene ring substituents is 1. The quantitative estimate of drug-likeness (QED) is 0.292. The van der Waals surface area contributed by atoms with Gasteiger partial charge in [0.15, 0.2) is 6.61 Å². The van der Waals surface area contributed by atoms with Crippen LogP contribution in [-0.2, 0) is 11.3 Å². The maximum absolute atomic E-state index is 12.3. The fourth-order valence-corrected chi connectivity index (χ4v) is 3.33. The molecule has 0 atom stereocenters. The lowest BCUT2D eigenvalue weighted by Gasteiger charge is -2.14. The number of carbonyl (C=O) groups excluding carboxylic acids is 1. The summed E-state index contributed by atoms with van der Waals surface area (Å²) in [6.07, 6.45) is 0. The third-order valence-corrected chi connectivity index (χ3v) is 5.30. The number of nitrogens with one attached hydrogen (secondary N) is 2. The first-order valence-electron chi connectivity index (χ1n) is 9.27. The number of carbonyl (C=O) groups is 1. The minimum atomic E-state index is -0.445. The van der Waals surface area contributed by atoms with Crippen LogP contribution in [0.2, 0.25) is 5.02 Å². The number of anilines is 2. The number of ether oxygens (including phenoxy) is 1. The van der Waals surface area contributed by atoms with Gasteiger partial charge in [-0.3, -0.25) is 14.9 Å². The van der Waals surface area contributed by atoms with E-state index in [4.69, 9.17) is 16.3 Å². The Balaban J connectivity index is 1.61. The minimum Gasteiger partial charge on any atom is -0.483 e. The van der Waals surface area contributed by atoms with Crippen molar-refractivity contribution < 1.29 is 14.5 Å². The molecule has 3 aromatic carbocycles. The second-order valence-corrected chi connectivity index (χ2v) is 8.03. The smallest absolute Gasteiger partial charge is 0.269 e. The van der Waals surface area contributed by atoms with Gasteiger partial charge in [-0.15, -0.1) is 0 Å². The molecular formula is C22H19BrClN3O4. The minimum absolute atomic E-state index is 0.0258. The summed E-state index contributed by atoms with van der Waals surface area (Å²) in [5.74, 6) is 0.242. The summed E-state index contributed by atoms with van der Waals surface area (Å²) in [4.78, 5) is 22.6. The second-order valence-electron chi connectivity index (χ2n) is 6.71. The summed E-state index contributed by atoms with van der Waals surface area (Å²) >= 11 is 9.52. The van der Waals surface area contributed by atoms with Crippen LogP contribution in [0.25, 0.3) is 0 Å². The highest BCUT2D eigenvalue weighted by atomic mass is 79.9. The number of nitro benzene ring substituents is 1. The van der Waals surface area contributed by atoms with Crippen LogP contribution < -0.4 is 15.4 Å². The summed E-state index contributed by atoms with van der Waals surface area (Å²) in [5.41, 5.74) is 3.10. The van der Waals surface area contributed by atoms with Crippen LogP contribution in [0.5, 0.6) is 5.75 Å². The molecule has 2 N–H and O–H groups in total. The SMILES string of the molecule is Cc1ccc(NC(=O)COc2ccc(Br)cc2CNc2ccc([N+](=O)[O-])cc2)cc1Cl. The maximum Gasteiger partial charge on any atom is 0.269 e. The van der Waals surface area contributed by atoms with Crippen molar-refractivity contribution in [2.24, 2.45) is 0 Å². The third-order valence-electron chi connectivity index (χ3n) is 4.40. The predicted molar refractivity (Wildman–Crippen MR) is 125 cm³/mol. The van der Waals surface area contributed by atoms with Crippen molar-refractivity contribution in [3.63, 3.8) is 0 Å². The fraction of sp³-hybridized carbons (Fsp3) is 0.136. The first kappa shape index (κ1) is 22.6. The van der Waals surface area contributed by atoms with E-state index < -0.39 is 4.92 Å². The van der Waals surface area contributed by atoms with Gasteiger partial charge in [-0.25, -0.2) is 0 Å². The molecule has 0 aliphatic rings. The maximum atomic E-state index is 12.3. The van der Waals surface area contributed by atoms with Gasteiger partial charge in [0.1, 0.15) is 5.75 Å². The normalized spacial score (nSPS) is 10.4. The molecule has 0 unspecified atom stereocenters. The first-order valence-corrected chi connectivity index (χ1v) is 10.4. The van der Waals surface area contributed by atoms with E-state index >= 15 is 0 Å². The van der Waals surface area contributed by atoms with Crippen LogP contribution in [0.1, 0.15) is 11.1 Å². The average molecular weight is 505 g/mol. The van der Waals surface area contributed by atoms with E-state index in [2.05, 4.69) is 26.6 Å². The standard InChI is InChI=1S/C22H19BrClN3O4/c1-14-2-4-18(11-20(14)24)26-22(28)13-31-21-9-3-16(23)10-15(21)12-25-17-5-7-19(8-6-17)27(29)30/h2-11,25H,12-13H2,1H3,(H,26,28). The Bertz CT molecular complexity index is 1110. The van der Waals surface area contributed by atoms with Crippen LogP contribution in [0.15, 0.2) is 65.1 Å². The van der Waals surface area contributed by atoms with Crippen LogP contribution in [0, 0.1) is 17.0 Å². The monoisotopic (exact) mass is 503 g/mol. The Hall–Kier alpha value is -3.10. The molecule has 1 amide bonds. The van der Waals surface area contributed by atoms with Crippen LogP contribution in [-0.4, -0.2) is 17.4 Å². The average Bonchev–Trinajstić information content (AvgIpc) is 2.74. The lowest BCUT2D eigenvalue weighted by atomic mass is 10.2. The first-order chi connectivity index (χ1) is 14.8. The lowest BCUT2D eigenvalue weighted by molar-refractivity contribution is -0.384. The Morgan fingerprint density at radius 3 is 2.48 bits per heavy atom. The highest BCUT2D eigenvalue weighted by molar-refractivity contribution is 9.10. The van der Waals surface area contributed by atoms with Crippen molar-refractivity contribution in [3.05, 3.63) is 91.4 Å². The molecule has 9 heteroatoms. The van der Waals surface area contributed by atoms with E-state index in [0.717, 1.165) is 21.3 Å². The topological polar surface area (TPSA) is 93.5 Å². The number of nitro groups is 1. The summed E-state index contributed by atoms with van der Waals surface area (Å²) in [5, 5.41) is 17.3. The van der Waals surface area contributed by atoms with Crippen molar-refractivity contribution in [2.75, 3.05) is 17.2 Å². The molecule has 0 radical (unpaired) electrons. The number of hydrogen-bond acceptors (Lipinski definition) is 5. The van der Waals surface area contributed by atoms with Gasteiger partial charge < -0.3 is 15.4 Å². The number of hydrogen-bond donors (Lipinski definition) is 2. The van der Waals surface area contributed by atoms with E-state index in [1.54, 1.807) is 30.3 Å². The molecule has 0 heterocycles. The molecule has 31 heavy (non-hydrogen) atoms. The lowest BCUT2D eigenvalue weighted by Crippen LogP contribution is -2.20. The van der Waals surface area contributed by atoms with Gasteiger partial charge in [0, 0.05) is 45.1 Å². The zero-order valence-corrected chi connectivity index (χ0v) is 18.9. The molecule has 160 valence electrons. The van der Waals surface area contributed by atoms with E-state index in [0.29, 0.717) is 23.0 Å². The number of halogens is 2. The molecular weight excluding hydrogens is 486 g/mol. The molecule has 3 aromatic rings. The summed E-state index contributed by atoms with van der Waals surface area (Å²) < 4.78 is 6.58. The summed E-state index contributed by atoms with van der Waals surface area (Å²) in [6.45, 7) is 2.12. The molecule has 0 saturated carbocycles. The number of nitrogens with zero attached hydrogens (tertiary/aromatic N) is 1. The molecule has 0 aliphatic heterocycles. The van der Waals surface area contributed by atoms with E-state index in [1.165, 1.54) is 12.1 Å². The third kappa shape index (κ3) is 6.44. The van der Waals surface area contributed by atoms with Gasteiger partial charge in [-0.2, -0.15) is 0 Å². The molecule has 0 fully saturated rings. The number of aryl methyl sites for hydroxylation is 1. The van der Waals surface area contributed by atoms with E-state index in [1.807, 2.05) is 25.1 Å². The Labute approximate surface area is 192 Å². The van der Waals surface area contributed by atoms with Gasteiger partial charge >= 0.3 is 0 Å². The Kier molecular flexibility index (Phi) is 7.49. The Morgan fingerprint density at radius 2 is 1.81 bits per heavy atom. The van der Waals surface area contributed by atoms with Crippen molar-refractivity contribution >= 4 is 50.5 Å². The Morgan fingerprint density at radius 1 is 1.10 bits per heavy atom. The van der Waals surface area contributed by atoms with Crippen LogP contribution in [0.4, 0.5) is 17.1 Å². The van der Waals surface area contributed by atoms with Gasteiger partial charge in [-0.05, 0) is 55.0 Å². The largest absolute Gasteiger partial charge is 0.483 e. The van der Waals surface area contributed by atoms with Crippen molar-refractivity contribution in [2.45, 2.75) is 13.5 Å². The number of rotatable bonds is 8. The van der Waals surface area contributed by atoms with Gasteiger partial charge in [0.25, 0.3) is 11.6 Å². The molecule has 0 aliphatic carbocycles. The van der Waals surface area contributed by atoms with Crippen molar-refractivity contribution in [1.29, 1.82) is 0 Å². The zero-order chi connectivity index (χ0) is 22.4. The molecule has 3 rings (SSSR count). The van der Waals surface area contributed by atoms with Crippen LogP contribution >= 0.6 is 27.5 Å². The molecule has 7 nitrogen and oxygen atoms in total. The van der Waals surface area contributed by atoms with Gasteiger partial charge in [-0.1, -0.05) is 33.6 Å². The molecule has 0 spiro atoms. The second kappa shape index (κ2) is 10.3. The zero-order valence-electron chi connectivity index (χ0n) is 16.5. The van der Waals surface area contributed by atoms with Gasteiger partial charge in [0.2, 0.25) is 0 Å². The highest BCUT2D eigenvalue weighted by Crippen LogP contribution is 2.25. The summed E-state index contributed by atoms with van der Waals surface area (Å²) in [7, 11) is 0. The molecule has 0 saturated heterocycles.